The van der Waals surface area contributed by atoms with Gasteiger partial charge >= 0.3 is 5.97 Å². The van der Waals surface area contributed by atoms with Crippen LogP contribution in [0.5, 0.6) is 11.5 Å². The van der Waals surface area contributed by atoms with E-state index in [4.69, 9.17) is 37.4 Å². The van der Waals surface area contributed by atoms with Crippen LogP contribution in [0.15, 0.2) is 47.0 Å². The Labute approximate surface area is 234 Å². The first-order valence-corrected chi connectivity index (χ1v) is 13.1. The molecule has 0 saturated heterocycles. The van der Waals surface area contributed by atoms with Gasteiger partial charge in [0, 0.05) is 12.5 Å². The molecule has 2 aromatic rings. The molecule has 0 bridgehead atoms. The molecule has 1 aliphatic heterocycles. The SMILES string of the molecule is CCOc1c(Cl)cc([C@H]2C(C#N)=C(SCC(=O)NCc3ccc(OC)cc3)NC(=O)[C@@H]2C(=O)OC)cc1Cl. The number of esters is 1. The second-order valence-electron chi connectivity index (χ2n) is 7.98. The maximum atomic E-state index is 13.0. The number of amides is 2. The van der Waals surface area contributed by atoms with Gasteiger partial charge in [0.2, 0.25) is 11.8 Å². The zero-order valence-electron chi connectivity index (χ0n) is 20.8. The molecule has 2 aromatic carbocycles. The highest BCUT2D eigenvalue weighted by atomic mass is 35.5. The van der Waals surface area contributed by atoms with E-state index in [1.807, 2.05) is 12.1 Å². The van der Waals surface area contributed by atoms with Crippen molar-refractivity contribution in [1.29, 1.82) is 5.26 Å². The van der Waals surface area contributed by atoms with Crippen molar-refractivity contribution < 1.29 is 28.6 Å². The highest BCUT2D eigenvalue weighted by molar-refractivity contribution is 8.03. The van der Waals surface area contributed by atoms with Gasteiger partial charge in [0.15, 0.2) is 5.75 Å². The number of thioether (sulfide) groups is 1. The second-order valence-corrected chi connectivity index (χ2v) is 9.78. The lowest BCUT2D eigenvalue weighted by Gasteiger charge is -2.31. The van der Waals surface area contributed by atoms with Crippen LogP contribution in [-0.4, -0.2) is 44.4 Å². The molecule has 0 spiro atoms. The molecule has 2 amide bonds. The number of ether oxygens (including phenoxy) is 3. The fourth-order valence-corrected chi connectivity index (χ4v) is 5.35. The Morgan fingerprint density at radius 3 is 2.37 bits per heavy atom. The third kappa shape index (κ3) is 6.72. The predicted molar refractivity (Wildman–Crippen MR) is 144 cm³/mol. The fraction of sp³-hybridized carbons (Fsp3) is 0.308. The van der Waals surface area contributed by atoms with Crippen LogP contribution in [0.1, 0.15) is 24.0 Å². The topological polar surface area (TPSA) is 127 Å². The fourth-order valence-electron chi connectivity index (χ4n) is 3.85. The average Bonchev–Trinajstić information content (AvgIpc) is 2.91. The smallest absolute Gasteiger partial charge is 0.319 e. The lowest BCUT2D eigenvalue weighted by atomic mass is 9.78. The second kappa shape index (κ2) is 13.4. The largest absolute Gasteiger partial charge is 0.497 e. The number of nitriles is 1. The molecule has 0 aliphatic carbocycles. The minimum Gasteiger partial charge on any atom is -0.497 e. The molecule has 0 fully saturated rings. The van der Waals surface area contributed by atoms with Gasteiger partial charge in [0.1, 0.15) is 11.7 Å². The van der Waals surface area contributed by atoms with E-state index in [2.05, 4.69) is 16.7 Å². The molecule has 2 N–H and O–H groups in total. The molecular formula is C26H25Cl2N3O6S. The summed E-state index contributed by atoms with van der Waals surface area (Å²) in [5.74, 6) is -3.37. The van der Waals surface area contributed by atoms with Gasteiger partial charge in [-0.25, -0.2) is 0 Å². The maximum Gasteiger partial charge on any atom is 0.319 e. The number of hydrogen-bond acceptors (Lipinski definition) is 8. The van der Waals surface area contributed by atoms with Gasteiger partial charge in [-0.1, -0.05) is 47.1 Å². The van der Waals surface area contributed by atoms with Gasteiger partial charge in [-0.15, -0.1) is 0 Å². The highest BCUT2D eigenvalue weighted by Crippen LogP contribution is 2.44. The Balaban J connectivity index is 1.87. The third-order valence-corrected chi connectivity index (χ3v) is 7.23. The molecular weight excluding hydrogens is 553 g/mol. The van der Waals surface area contributed by atoms with Crippen molar-refractivity contribution >= 4 is 52.7 Å². The summed E-state index contributed by atoms with van der Waals surface area (Å²) in [5, 5.41) is 15.9. The number of hydrogen-bond donors (Lipinski definition) is 2. The summed E-state index contributed by atoms with van der Waals surface area (Å²) in [6.07, 6.45) is 0. The first kappa shape index (κ1) is 29.2. The Morgan fingerprint density at radius 2 is 1.82 bits per heavy atom. The summed E-state index contributed by atoms with van der Waals surface area (Å²) in [6.45, 7) is 2.38. The Morgan fingerprint density at radius 1 is 1.16 bits per heavy atom. The predicted octanol–water partition coefficient (Wildman–Crippen LogP) is 4.19. The van der Waals surface area contributed by atoms with Crippen molar-refractivity contribution in [3.05, 3.63) is 68.2 Å². The van der Waals surface area contributed by atoms with Crippen LogP contribution >= 0.6 is 35.0 Å². The number of carbonyl (C=O) groups excluding carboxylic acids is 3. The number of benzene rings is 2. The molecule has 12 heteroatoms. The number of nitrogens with one attached hydrogen (secondary N) is 2. The van der Waals surface area contributed by atoms with Crippen LogP contribution in [0.3, 0.4) is 0 Å². The van der Waals surface area contributed by atoms with Crippen molar-refractivity contribution in [3.8, 4) is 17.6 Å². The zero-order valence-corrected chi connectivity index (χ0v) is 23.1. The molecule has 1 heterocycles. The summed E-state index contributed by atoms with van der Waals surface area (Å²) in [7, 11) is 2.72. The lowest BCUT2D eigenvalue weighted by molar-refractivity contribution is -0.150. The Bertz CT molecular complexity index is 1270. The van der Waals surface area contributed by atoms with E-state index in [1.54, 1.807) is 26.2 Å². The van der Waals surface area contributed by atoms with Gasteiger partial charge in [-0.05, 0) is 42.3 Å². The van der Waals surface area contributed by atoms with Crippen LogP contribution in [0, 0.1) is 17.2 Å². The van der Waals surface area contributed by atoms with Crippen molar-refractivity contribution in [2.75, 3.05) is 26.6 Å². The van der Waals surface area contributed by atoms with Crippen LogP contribution in [-0.2, 0) is 25.7 Å². The quantitative estimate of drug-likeness (QED) is 0.318. The number of halogens is 2. The number of methoxy groups -OCH3 is 2. The maximum absolute atomic E-state index is 13.0. The summed E-state index contributed by atoms with van der Waals surface area (Å²) in [6, 6.07) is 12.3. The third-order valence-electron chi connectivity index (χ3n) is 5.65. The van der Waals surface area contributed by atoms with E-state index in [1.165, 1.54) is 12.1 Å². The van der Waals surface area contributed by atoms with Gasteiger partial charge in [0.05, 0.1) is 53.3 Å². The number of rotatable bonds is 10. The summed E-state index contributed by atoms with van der Waals surface area (Å²) in [5.41, 5.74) is 1.30. The molecule has 0 saturated carbocycles. The van der Waals surface area contributed by atoms with Crippen LogP contribution in [0.4, 0.5) is 0 Å². The molecule has 3 rings (SSSR count). The standard InChI is InChI=1S/C26H25Cl2N3O6S/c1-4-37-23-18(27)9-15(10-19(23)28)21-17(11-29)25(31-24(33)22(21)26(34)36-3)38-13-20(32)30-12-14-5-7-16(35-2)8-6-14/h5-10,21-22H,4,12-13H2,1-3H3,(H,30,32)(H,31,33)/t21-,22+/m0/s1. The lowest BCUT2D eigenvalue weighted by Crippen LogP contribution is -2.44. The van der Waals surface area contributed by atoms with E-state index in [-0.39, 0.29) is 44.6 Å². The van der Waals surface area contributed by atoms with Crippen molar-refractivity contribution in [2.24, 2.45) is 5.92 Å². The first-order valence-electron chi connectivity index (χ1n) is 11.4. The van der Waals surface area contributed by atoms with E-state index in [0.717, 1.165) is 24.4 Å². The molecule has 0 radical (unpaired) electrons. The monoisotopic (exact) mass is 577 g/mol. The van der Waals surface area contributed by atoms with E-state index >= 15 is 0 Å². The highest BCUT2D eigenvalue weighted by Gasteiger charge is 2.44. The summed E-state index contributed by atoms with van der Waals surface area (Å²) < 4.78 is 15.4. The zero-order chi connectivity index (χ0) is 27.8. The van der Waals surface area contributed by atoms with Crippen LogP contribution in [0.25, 0.3) is 0 Å². The summed E-state index contributed by atoms with van der Waals surface area (Å²) in [4.78, 5) is 38.2. The van der Waals surface area contributed by atoms with Crippen LogP contribution < -0.4 is 20.1 Å². The minimum atomic E-state index is -1.37. The number of nitrogens with zero attached hydrogens (tertiary/aromatic N) is 1. The average molecular weight is 578 g/mol. The number of allylic oxidation sites excluding steroid dienone is 1. The van der Waals surface area contributed by atoms with Crippen molar-refractivity contribution in [1.82, 2.24) is 10.6 Å². The molecule has 9 nitrogen and oxygen atoms in total. The Hall–Kier alpha value is -3.39. The molecule has 0 unspecified atom stereocenters. The van der Waals surface area contributed by atoms with Gasteiger partial charge < -0.3 is 24.8 Å². The molecule has 200 valence electrons. The number of carbonyl (C=O) groups is 3. The Kier molecular flexibility index (Phi) is 10.3. The van der Waals surface area contributed by atoms with Crippen LogP contribution in [0.2, 0.25) is 10.0 Å². The van der Waals surface area contributed by atoms with Gasteiger partial charge in [-0.3, -0.25) is 14.4 Å². The van der Waals surface area contributed by atoms with E-state index in [9.17, 15) is 19.6 Å². The molecule has 1 aliphatic rings. The van der Waals surface area contributed by atoms with E-state index < -0.39 is 23.7 Å². The van der Waals surface area contributed by atoms with E-state index in [0.29, 0.717) is 17.9 Å². The van der Waals surface area contributed by atoms with Crippen molar-refractivity contribution in [3.63, 3.8) is 0 Å². The normalized spacial score (nSPS) is 16.8. The minimum absolute atomic E-state index is 0.0734. The molecule has 2 atom stereocenters. The van der Waals surface area contributed by atoms with Gasteiger partial charge in [-0.2, -0.15) is 5.26 Å². The summed E-state index contributed by atoms with van der Waals surface area (Å²) >= 11 is 13.7. The molecule has 0 aromatic heterocycles. The first-order chi connectivity index (χ1) is 18.2. The molecule has 38 heavy (non-hydrogen) atoms. The van der Waals surface area contributed by atoms with Gasteiger partial charge in [0.25, 0.3) is 0 Å². The van der Waals surface area contributed by atoms with Crippen molar-refractivity contribution in [2.45, 2.75) is 19.4 Å².